The largest absolute Gasteiger partial charge is 0.332 e. The first-order valence-electron chi connectivity index (χ1n) is 7.05. The Kier molecular flexibility index (Phi) is 3.50. The van der Waals surface area contributed by atoms with E-state index in [0.29, 0.717) is 0 Å². The van der Waals surface area contributed by atoms with Gasteiger partial charge in [0.2, 0.25) is 0 Å². The normalized spacial score (nSPS) is 18.2. The molecule has 0 radical (unpaired) electrons. The van der Waals surface area contributed by atoms with Gasteiger partial charge in [0.05, 0.1) is 6.04 Å². The quantitative estimate of drug-likeness (QED) is 0.835. The SMILES string of the molecule is Cc1ncccc1[C@H]1CCCN1C(=O)c1ccccc1. The zero-order valence-electron chi connectivity index (χ0n) is 11.6. The molecule has 1 fully saturated rings. The van der Waals surface area contributed by atoms with Crippen LogP contribution >= 0.6 is 0 Å². The van der Waals surface area contributed by atoms with E-state index in [4.69, 9.17) is 0 Å². The Morgan fingerprint density at radius 2 is 2.00 bits per heavy atom. The van der Waals surface area contributed by atoms with Gasteiger partial charge in [-0.1, -0.05) is 24.3 Å². The molecule has 3 heteroatoms. The predicted octanol–water partition coefficient (Wildman–Crippen LogP) is 3.37. The first kappa shape index (κ1) is 12.9. The van der Waals surface area contributed by atoms with Gasteiger partial charge < -0.3 is 4.90 Å². The molecule has 0 bridgehead atoms. The van der Waals surface area contributed by atoms with Crippen LogP contribution in [0.3, 0.4) is 0 Å². The highest BCUT2D eigenvalue weighted by atomic mass is 16.2. The van der Waals surface area contributed by atoms with Crippen molar-refractivity contribution in [2.45, 2.75) is 25.8 Å². The van der Waals surface area contributed by atoms with Crippen LogP contribution in [0.1, 0.15) is 40.5 Å². The van der Waals surface area contributed by atoms with E-state index in [2.05, 4.69) is 11.1 Å². The van der Waals surface area contributed by atoms with Crippen molar-refractivity contribution in [3.63, 3.8) is 0 Å². The van der Waals surface area contributed by atoms with E-state index in [1.165, 1.54) is 5.56 Å². The van der Waals surface area contributed by atoms with Crippen LogP contribution in [0, 0.1) is 6.92 Å². The van der Waals surface area contributed by atoms with Gasteiger partial charge in [0.15, 0.2) is 0 Å². The van der Waals surface area contributed by atoms with Gasteiger partial charge in [0.1, 0.15) is 0 Å². The van der Waals surface area contributed by atoms with Crippen molar-refractivity contribution < 1.29 is 4.79 Å². The third-order valence-corrected chi connectivity index (χ3v) is 3.94. The molecule has 1 saturated heterocycles. The van der Waals surface area contributed by atoms with Crippen LogP contribution in [-0.4, -0.2) is 22.3 Å². The Labute approximate surface area is 119 Å². The summed E-state index contributed by atoms with van der Waals surface area (Å²) in [6.45, 7) is 2.84. The van der Waals surface area contributed by atoms with Crippen LogP contribution in [0.25, 0.3) is 0 Å². The number of benzene rings is 1. The molecule has 1 atom stereocenters. The highest BCUT2D eigenvalue weighted by Gasteiger charge is 2.31. The van der Waals surface area contributed by atoms with E-state index >= 15 is 0 Å². The topological polar surface area (TPSA) is 33.2 Å². The van der Waals surface area contributed by atoms with Crippen LogP contribution in [0.2, 0.25) is 0 Å². The molecule has 0 spiro atoms. The zero-order chi connectivity index (χ0) is 13.9. The first-order chi connectivity index (χ1) is 9.77. The number of carbonyl (C=O) groups excluding carboxylic acids is 1. The fourth-order valence-corrected chi connectivity index (χ4v) is 2.93. The Hall–Kier alpha value is -2.16. The van der Waals surface area contributed by atoms with E-state index in [1.807, 2.05) is 48.2 Å². The summed E-state index contributed by atoms with van der Waals surface area (Å²) in [5.74, 6) is 0.122. The highest BCUT2D eigenvalue weighted by Crippen LogP contribution is 2.34. The number of aromatic nitrogens is 1. The van der Waals surface area contributed by atoms with Crippen molar-refractivity contribution in [1.82, 2.24) is 9.88 Å². The maximum absolute atomic E-state index is 12.6. The number of rotatable bonds is 2. The standard InChI is InChI=1S/C17H18N2O/c1-13-15(9-5-11-18-13)16-10-6-12-19(16)17(20)14-7-3-2-4-8-14/h2-5,7-9,11,16H,6,10,12H2,1H3/t16-/m1/s1. The van der Waals surface area contributed by atoms with Gasteiger partial charge in [0.25, 0.3) is 5.91 Å². The molecule has 1 aromatic heterocycles. The van der Waals surface area contributed by atoms with E-state index in [1.54, 1.807) is 6.20 Å². The second-order valence-electron chi connectivity index (χ2n) is 5.20. The minimum absolute atomic E-state index is 0.122. The lowest BCUT2D eigenvalue weighted by atomic mass is 10.0. The molecule has 0 N–H and O–H groups in total. The Balaban J connectivity index is 1.90. The lowest BCUT2D eigenvalue weighted by molar-refractivity contribution is 0.0735. The van der Waals surface area contributed by atoms with Crippen LogP contribution in [0.5, 0.6) is 0 Å². The van der Waals surface area contributed by atoms with Gasteiger partial charge in [-0.2, -0.15) is 0 Å². The van der Waals surface area contributed by atoms with E-state index in [9.17, 15) is 4.79 Å². The molecule has 102 valence electrons. The van der Waals surface area contributed by atoms with Gasteiger partial charge in [0, 0.05) is 24.0 Å². The second kappa shape index (κ2) is 5.45. The van der Waals surface area contributed by atoms with E-state index in [-0.39, 0.29) is 11.9 Å². The number of hydrogen-bond donors (Lipinski definition) is 0. The van der Waals surface area contributed by atoms with Gasteiger partial charge in [-0.05, 0) is 43.5 Å². The maximum Gasteiger partial charge on any atom is 0.254 e. The molecule has 0 aliphatic carbocycles. The van der Waals surface area contributed by atoms with Crippen LogP contribution in [0.15, 0.2) is 48.7 Å². The summed E-state index contributed by atoms with van der Waals surface area (Å²) in [6, 6.07) is 13.7. The molecular weight excluding hydrogens is 248 g/mol. The summed E-state index contributed by atoms with van der Waals surface area (Å²) >= 11 is 0. The molecule has 3 nitrogen and oxygen atoms in total. The summed E-state index contributed by atoms with van der Waals surface area (Å²) in [7, 11) is 0. The summed E-state index contributed by atoms with van der Waals surface area (Å²) in [5, 5.41) is 0. The number of pyridine rings is 1. The van der Waals surface area contributed by atoms with Crippen molar-refractivity contribution in [2.24, 2.45) is 0 Å². The summed E-state index contributed by atoms with van der Waals surface area (Å²) in [5.41, 5.74) is 2.96. The van der Waals surface area contributed by atoms with E-state index < -0.39 is 0 Å². The van der Waals surface area contributed by atoms with Gasteiger partial charge in [-0.3, -0.25) is 9.78 Å². The third-order valence-electron chi connectivity index (χ3n) is 3.94. The number of hydrogen-bond acceptors (Lipinski definition) is 2. The number of aryl methyl sites for hydroxylation is 1. The maximum atomic E-state index is 12.6. The molecule has 1 aromatic carbocycles. The van der Waals surface area contributed by atoms with Gasteiger partial charge >= 0.3 is 0 Å². The number of carbonyl (C=O) groups is 1. The molecule has 0 unspecified atom stereocenters. The van der Waals surface area contributed by atoms with Crippen LogP contribution in [-0.2, 0) is 0 Å². The smallest absolute Gasteiger partial charge is 0.254 e. The fraction of sp³-hybridized carbons (Fsp3) is 0.294. The Bertz CT molecular complexity index is 609. The van der Waals surface area contributed by atoms with Crippen molar-refractivity contribution in [3.8, 4) is 0 Å². The highest BCUT2D eigenvalue weighted by molar-refractivity contribution is 5.94. The first-order valence-corrected chi connectivity index (χ1v) is 7.05. The van der Waals surface area contributed by atoms with Gasteiger partial charge in [-0.25, -0.2) is 0 Å². The summed E-state index contributed by atoms with van der Waals surface area (Å²) in [4.78, 5) is 19.0. The lowest BCUT2D eigenvalue weighted by Gasteiger charge is -2.26. The van der Waals surface area contributed by atoms with Crippen molar-refractivity contribution >= 4 is 5.91 Å². The summed E-state index contributed by atoms with van der Waals surface area (Å²) < 4.78 is 0. The molecule has 1 aliphatic heterocycles. The van der Waals surface area contributed by atoms with Crippen LogP contribution in [0.4, 0.5) is 0 Å². The van der Waals surface area contributed by atoms with Crippen LogP contribution < -0.4 is 0 Å². The Morgan fingerprint density at radius 1 is 1.20 bits per heavy atom. The van der Waals surface area contributed by atoms with Crippen molar-refractivity contribution in [2.75, 3.05) is 6.54 Å². The lowest BCUT2D eigenvalue weighted by Crippen LogP contribution is -2.30. The molecule has 1 amide bonds. The second-order valence-corrected chi connectivity index (χ2v) is 5.20. The molecule has 1 aliphatic rings. The van der Waals surface area contributed by atoms with Crippen molar-refractivity contribution in [3.05, 3.63) is 65.5 Å². The van der Waals surface area contributed by atoms with Crippen molar-refractivity contribution in [1.29, 1.82) is 0 Å². The monoisotopic (exact) mass is 266 g/mol. The fourth-order valence-electron chi connectivity index (χ4n) is 2.93. The Morgan fingerprint density at radius 3 is 2.75 bits per heavy atom. The number of amides is 1. The third kappa shape index (κ3) is 2.31. The molecule has 20 heavy (non-hydrogen) atoms. The summed E-state index contributed by atoms with van der Waals surface area (Å²) in [6.07, 6.45) is 3.87. The molecule has 0 saturated carbocycles. The number of nitrogens with zero attached hydrogens (tertiary/aromatic N) is 2. The molecule has 2 heterocycles. The average Bonchev–Trinajstić information content (AvgIpc) is 2.97. The zero-order valence-corrected chi connectivity index (χ0v) is 11.6. The molecule has 3 rings (SSSR count). The average molecular weight is 266 g/mol. The molecular formula is C17H18N2O. The van der Waals surface area contributed by atoms with Gasteiger partial charge in [-0.15, -0.1) is 0 Å². The van der Waals surface area contributed by atoms with E-state index in [0.717, 1.165) is 30.6 Å². The minimum Gasteiger partial charge on any atom is -0.332 e. The minimum atomic E-state index is 0.122. The number of likely N-dealkylation sites (tertiary alicyclic amines) is 1. The predicted molar refractivity (Wildman–Crippen MR) is 78.4 cm³/mol. The molecule has 2 aromatic rings.